The number of fused-ring (bicyclic) bond motifs is 12. The minimum absolute atomic E-state index is 0.590. The number of aromatic nitrogens is 5. The maximum atomic E-state index is 5.47. The smallest absolute Gasteiger partial charge is 0.164 e. The second-order valence-corrected chi connectivity index (χ2v) is 19.2. The highest BCUT2D eigenvalue weighted by atomic mass is 15.0. The average molecular weight is 942 g/mol. The van der Waals surface area contributed by atoms with Gasteiger partial charge in [-0.05, 0) is 127 Å². The van der Waals surface area contributed by atoms with E-state index in [2.05, 4.69) is 252 Å². The molecular formula is C69H43N5. The summed E-state index contributed by atoms with van der Waals surface area (Å²) in [5.74, 6) is 1.80. The molecule has 0 radical (unpaired) electrons. The first kappa shape index (κ1) is 41.8. The van der Waals surface area contributed by atoms with Crippen LogP contribution in [0, 0.1) is 0 Å². The van der Waals surface area contributed by atoms with Crippen LogP contribution >= 0.6 is 0 Å². The maximum absolute atomic E-state index is 5.47. The normalized spacial score (nSPS) is 11.8. The predicted molar refractivity (Wildman–Crippen MR) is 308 cm³/mol. The summed E-state index contributed by atoms with van der Waals surface area (Å²) in [6.07, 6.45) is 0. The summed E-state index contributed by atoms with van der Waals surface area (Å²) in [5, 5.41) is 12.1. The summed E-state index contributed by atoms with van der Waals surface area (Å²) >= 11 is 0. The molecule has 0 saturated heterocycles. The number of benzene rings is 12. The van der Waals surface area contributed by atoms with Gasteiger partial charge in [-0.1, -0.05) is 188 Å². The first-order valence-electron chi connectivity index (χ1n) is 25.2. The van der Waals surface area contributed by atoms with Gasteiger partial charge in [-0.15, -0.1) is 0 Å². The molecule has 0 bridgehead atoms. The van der Waals surface area contributed by atoms with Gasteiger partial charge in [0.25, 0.3) is 0 Å². The molecule has 0 amide bonds. The first-order valence-corrected chi connectivity index (χ1v) is 25.2. The quantitative estimate of drug-likeness (QED) is 0.150. The number of rotatable bonds is 7. The molecule has 0 aliphatic rings. The molecule has 3 aromatic heterocycles. The van der Waals surface area contributed by atoms with Crippen LogP contribution in [0.15, 0.2) is 261 Å². The molecule has 3 heterocycles. The second kappa shape index (κ2) is 16.8. The average Bonchev–Trinajstić information content (AvgIpc) is 4.01. The Kier molecular flexibility index (Phi) is 9.50. The van der Waals surface area contributed by atoms with E-state index in [0.29, 0.717) is 17.5 Å². The van der Waals surface area contributed by atoms with Crippen LogP contribution in [0.4, 0.5) is 0 Å². The van der Waals surface area contributed by atoms with E-state index in [4.69, 9.17) is 15.0 Å². The van der Waals surface area contributed by atoms with Gasteiger partial charge in [-0.2, -0.15) is 0 Å². The van der Waals surface area contributed by atoms with E-state index in [9.17, 15) is 0 Å². The Morgan fingerprint density at radius 3 is 1.24 bits per heavy atom. The zero-order valence-electron chi connectivity index (χ0n) is 40.1. The number of para-hydroxylation sites is 3. The first-order chi connectivity index (χ1) is 36.7. The molecule has 0 aliphatic heterocycles. The molecule has 15 rings (SSSR count). The Morgan fingerprint density at radius 2 is 0.595 bits per heavy atom. The molecule has 5 heteroatoms. The van der Waals surface area contributed by atoms with Crippen molar-refractivity contribution in [2.75, 3.05) is 0 Å². The fraction of sp³-hybridized carbons (Fsp3) is 0. The van der Waals surface area contributed by atoms with Gasteiger partial charge in [0.2, 0.25) is 0 Å². The van der Waals surface area contributed by atoms with Crippen LogP contribution in [0.25, 0.3) is 144 Å². The van der Waals surface area contributed by atoms with Crippen molar-refractivity contribution < 1.29 is 0 Å². The third-order valence-electron chi connectivity index (χ3n) is 14.9. The third-order valence-corrected chi connectivity index (χ3v) is 14.9. The van der Waals surface area contributed by atoms with E-state index < -0.39 is 0 Å². The molecule has 0 unspecified atom stereocenters. The summed E-state index contributed by atoms with van der Waals surface area (Å²) in [6.45, 7) is 0. The standard InChI is InChI=1S/C69H43N5/c1-4-18-44(19-5-1)47-33-36-60-58-28-14-16-30-63(58)74(66(60)43-47)52-39-49(46-32-35-57-55-26-11-10-24-53(55)54-25-12-13-27-56(54)61(57)41-46)38-50(40-52)69-71-67(45-20-6-2-7-21-45)70-68(72-69)48-34-37-65-62(42-48)59-29-15-17-31-64(59)73(65)51-22-8-3-9-23-51/h1-43H. The molecule has 0 N–H and O–H groups in total. The van der Waals surface area contributed by atoms with Crippen molar-refractivity contribution in [3.63, 3.8) is 0 Å². The minimum atomic E-state index is 0.590. The number of hydrogen-bond donors (Lipinski definition) is 0. The van der Waals surface area contributed by atoms with Crippen LogP contribution in [-0.2, 0) is 0 Å². The Labute approximate surface area is 426 Å². The van der Waals surface area contributed by atoms with Crippen molar-refractivity contribution >= 4 is 75.9 Å². The highest BCUT2D eigenvalue weighted by molar-refractivity contribution is 6.26. The Hall–Kier alpha value is -9.97. The SMILES string of the molecule is c1ccc(-c2ccc3c4ccccc4n(-c4cc(-c5ccc6c7ccccc7c7ccccc7c6c5)cc(-c5nc(-c6ccccc6)nc(-c6ccc7c(c6)c6ccccc6n7-c6ccccc6)n5)c4)c3c2)cc1. The fourth-order valence-corrected chi connectivity index (χ4v) is 11.5. The molecular weight excluding hydrogens is 899 g/mol. The monoisotopic (exact) mass is 941 g/mol. The lowest BCUT2D eigenvalue weighted by molar-refractivity contribution is 1.07. The topological polar surface area (TPSA) is 48.5 Å². The highest BCUT2D eigenvalue weighted by Gasteiger charge is 2.21. The summed E-state index contributed by atoms with van der Waals surface area (Å²) in [6, 6.07) is 93.7. The summed E-state index contributed by atoms with van der Waals surface area (Å²) < 4.78 is 4.76. The van der Waals surface area contributed by atoms with Crippen LogP contribution in [-0.4, -0.2) is 24.1 Å². The van der Waals surface area contributed by atoms with Gasteiger partial charge in [0.1, 0.15) is 0 Å². The Balaban J connectivity index is 0.996. The lowest BCUT2D eigenvalue weighted by Crippen LogP contribution is -2.02. The van der Waals surface area contributed by atoms with Gasteiger partial charge in [-0.3, -0.25) is 0 Å². The predicted octanol–water partition coefficient (Wildman–Crippen LogP) is 17.9. The molecule has 344 valence electrons. The molecule has 0 saturated carbocycles. The van der Waals surface area contributed by atoms with Crippen LogP contribution in [0.1, 0.15) is 0 Å². The molecule has 0 atom stereocenters. The zero-order valence-corrected chi connectivity index (χ0v) is 40.1. The van der Waals surface area contributed by atoms with Gasteiger partial charge in [0.15, 0.2) is 17.5 Å². The Bertz CT molecular complexity index is 4670. The van der Waals surface area contributed by atoms with Gasteiger partial charge in [0.05, 0.1) is 22.1 Å². The molecule has 74 heavy (non-hydrogen) atoms. The van der Waals surface area contributed by atoms with Crippen molar-refractivity contribution in [1.29, 1.82) is 0 Å². The number of hydrogen-bond acceptors (Lipinski definition) is 3. The van der Waals surface area contributed by atoms with Gasteiger partial charge in [-0.25, -0.2) is 15.0 Å². The minimum Gasteiger partial charge on any atom is -0.309 e. The van der Waals surface area contributed by atoms with Crippen molar-refractivity contribution in [2.45, 2.75) is 0 Å². The van der Waals surface area contributed by atoms with Crippen molar-refractivity contribution in [2.24, 2.45) is 0 Å². The van der Waals surface area contributed by atoms with E-state index in [1.165, 1.54) is 54.0 Å². The van der Waals surface area contributed by atoms with E-state index in [-0.39, 0.29) is 0 Å². The second-order valence-electron chi connectivity index (χ2n) is 19.2. The molecule has 12 aromatic carbocycles. The van der Waals surface area contributed by atoms with E-state index in [1.54, 1.807) is 0 Å². The maximum Gasteiger partial charge on any atom is 0.164 e. The fourth-order valence-electron chi connectivity index (χ4n) is 11.5. The summed E-state index contributed by atoms with van der Waals surface area (Å²) in [4.78, 5) is 16.1. The molecule has 5 nitrogen and oxygen atoms in total. The van der Waals surface area contributed by atoms with E-state index in [0.717, 1.165) is 72.2 Å². The molecule has 0 fully saturated rings. The van der Waals surface area contributed by atoms with Gasteiger partial charge < -0.3 is 9.13 Å². The van der Waals surface area contributed by atoms with E-state index >= 15 is 0 Å². The van der Waals surface area contributed by atoms with Crippen LogP contribution in [0.5, 0.6) is 0 Å². The zero-order chi connectivity index (χ0) is 48.7. The summed E-state index contributed by atoms with van der Waals surface area (Å²) in [5.41, 5.74) is 13.8. The molecule has 0 spiro atoms. The number of nitrogens with zero attached hydrogens (tertiary/aromatic N) is 5. The van der Waals surface area contributed by atoms with Crippen molar-refractivity contribution in [3.8, 4) is 67.8 Å². The summed E-state index contributed by atoms with van der Waals surface area (Å²) in [7, 11) is 0. The molecule has 15 aromatic rings. The van der Waals surface area contributed by atoms with Crippen LogP contribution in [0.2, 0.25) is 0 Å². The Morgan fingerprint density at radius 1 is 0.189 bits per heavy atom. The van der Waals surface area contributed by atoms with Gasteiger partial charge >= 0.3 is 0 Å². The lowest BCUT2D eigenvalue weighted by Gasteiger charge is -2.16. The van der Waals surface area contributed by atoms with Crippen LogP contribution in [0.3, 0.4) is 0 Å². The highest BCUT2D eigenvalue weighted by Crippen LogP contribution is 2.42. The lowest BCUT2D eigenvalue weighted by atomic mass is 9.91. The van der Waals surface area contributed by atoms with Crippen molar-refractivity contribution in [3.05, 3.63) is 261 Å². The van der Waals surface area contributed by atoms with E-state index in [1.807, 2.05) is 18.2 Å². The van der Waals surface area contributed by atoms with Gasteiger partial charge in [0, 0.05) is 49.6 Å². The largest absolute Gasteiger partial charge is 0.309 e. The van der Waals surface area contributed by atoms with Crippen LogP contribution < -0.4 is 0 Å². The third kappa shape index (κ3) is 6.75. The van der Waals surface area contributed by atoms with Crippen molar-refractivity contribution in [1.82, 2.24) is 24.1 Å². The molecule has 0 aliphatic carbocycles.